The molecule has 0 fully saturated rings. The van der Waals surface area contributed by atoms with E-state index < -0.39 is 0 Å². The van der Waals surface area contributed by atoms with Crippen LogP contribution in [0, 0.1) is 0 Å². The van der Waals surface area contributed by atoms with Gasteiger partial charge in [0.2, 0.25) is 5.71 Å². The molecular formula is C13H17NO. The van der Waals surface area contributed by atoms with Gasteiger partial charge in [-0.25, -0.2) is 4.98 Å². The molecule has 0 bridgehead atoms. The number of pyridine rings is 1. The largest absolute Gasteiger partial charge is 0.446 e. The zero-order valence-electron chi connectivity index (χ0n) is 9.58. The van der Waals surface area contributed by atoms with Crippen LogP contribution in [-0.2, 0) is 5.41 Å². The normalized spacial score (nSPS) is 12.2. The minimum Gasteiger partial charge on any atom is -0.446 e. The molecule has 80 valence electrons. The number of nitrogens with zero attached hydrogens (tertiary/aromatic N) is 1. The fourth-order valence-electron chi connectivity index (χ4n) is 2.00. The van der Waals surface area contributed by atoms with E-state index in [1.165, 1.54) is 18.4 Å². The van der Waals surface area contributed by atoms with E-state index in [0.717, 1.165) is 11.1 Å². The van der Waals surface area contributed by atoms with E-state index >= 15 is 0 Å². The molecule has 0 aliphatic carbocycles. The summed E-state index contributed by atoms with van der Waals surface area (Å²) < 4.78 is 5.23. The quantitative estimate of drug-likeness (QED) is 0.756. The van der Waals surface area contributed by atoms with Gasteiger partial charge in [0.25, 0.3) is 0 Å². The Hall–Kier alpha value is -1.31. The Labute approximate surface area is 90.3 Å². The van der Waals surface area contributed by atoms with E-state index in [2.05, 4.69) is 31.8 Å². The summed E-state index contributed by atoms with van der Waals surface area (Å²) in [5.74, 6) is 0. The topological polar surface area (TPSA) is 26.0 Å². The monoisotopic (exact) mass is 203 g/mol. The standard InChI is InChI=1S/C13H17NO/c1-4-6-13(2,3)11-8-10-5-7-15-12(10)14-9-11/h5,7-9H,4,6H2,1-3H3. The molecule has 15 heavy (non-hydrogen) atoms. The Morgan fingerprint density at radius 2 is 2.20 bits per heavy atom. The fourth-order valence-corrected chi connectivity index (χ4v) is 2.00. The van der Waals surface area contributed by atoms with Crippen LogP contribution in [0.4, 0.5) is 0 Å². The van der Waals surface area contributed by atoms with Gasteiger partial charge >= 0.3 is 0 Å². The minimum absolute atomic E-state index is 0.202. The van der Waals surface area contributed by atoms with Gasteiger partial charge < -0.3 is 4.42 Å². The Bertz CT molecular complexity index is 456. The van der Waals surface area contributed by atoms with Crippen LogP contribution in [0.3, 0.4) is 0 Å². The summed E-state index contributed by atoms with van der Waals surface area (Å²) in [4.78, 5) is 4.32. The Morgan fingerprint density at radius 3 is 2.93 bits per heavy atom. The summed E-state index contributed by atoms with van der Waals surface area (Å²) in [6.45, 7) is 6.74. The molecule has 2 heterocycles. The van der Waals surface area contributed by atoms with Crippen molar-refractivity contribution < 1.29 is 4.42 Å². The van der Waals surface area contributed by atoms with Gasteiger partial charge in [0.15, 0.2) is 0 Å². The first-order chi connectivity index (χ1) is 7.13. The van der Waals surface area contributed by atoms with E-state index in [4.69, 9.17) is 4.42 Å². The molecule has 0 saturated carbocycles. The van der Waals surface area contributed by atoms with E-state index in [-0.39, 0.29) is 5.41 Å². The van der Waals surface area contributed by atoms with Crippen LogP contribution >= 0.6 is 0 Å². The van der Waals surface area contributed by atoms with Crippen LogP contribution in [0.5, 0.6) is 0 Å². The molecule has 0 saturated heterocycles. The Balaban J connectivity index is 2.42. The first kappa shape index (κ1) is 10.2. The van der Waals surface area contributed by atoms with Crippen molar-refractivity contribution in [2.75, 3.05) is 0 Å². The lowest BCUT2D eigenvalue weighted by Crippen LogP contribution is -2.16. The summed E-state index contributed by atoms with van der Waals surface area (Å²) in [6.07, 6.45) is 5.99. The molecule has 2 nitrogen and oxygen atoms in total. The molecule has 0 atom stereocenters. The van der Waals surface area contributed by atoms with Gasteiger partial charge in [-0.05, 0) is 29.5 Å². The average Bonchev–Trinajstić information content (AvgIpc) is 2.63. The van der Waals surface area contributed by atoms with Crippen LogP contribution in [0.15, 0.2) is 29.0 Å². The first-order valence-corrected chi connectivity index (χ1v) is 5.47. The van der Waals surface area contributed by atoms with Crippen molar-refractivity contribution in [1.82, 2.24) is 4.98 Å². The summed E-state index contributed by atoms with van der Waals surface area (Å²) >= 11 is 0. The SMILES string of the molecule is CCCC(C)(C)c1cnc2occc2c1. The summed E-state index contributed by atoms with van der Waals surface area (Å²) in [5.41, 5.74) is 2.22. The number of rotatable bonds is 3. The van der Waals surface area contributed by atoms with Crippen molar-refractivity contribution in [2.24, 2.45) is 0 Å². The molecule has 0 N–H and O–H groups in total. The van der Waals surface area contributed by atoms with Crippen LogP contribution in [-0.4, -0.2) is 4.98 Å². The van der Waals surface area contributed by atoms with Crippen molar-refractivity contribution in [3.05, 3.63) is 30.2 Å². The van der Waals surface area contributed by atoms with Crippen LogP contribution in [0.2, 0.25) is 0 Å². The summed E-state index contributed by atoms with van der Waals surface area (Å²) in [6, 6.07) is 4.15. The van der Waals surface area contributed by atoms with Gasteiger partial charge in [-0.1, -0.05) is 27.2 Å². The molecule has 0 aromatic carbocycles. The van der Waals surface area contributed by atoms with Gasteiger partial charge in [-0.3, -0.25) is 0 Å². The highest BCUT2D eigenvalue weighted by atomic mass is 16.3. The smallest absolute Gasteiger partial charge is 0.225 e. The summed E-state index contributed by atoms with van der Waals surface area (Å²) in [7, 11) is 0. The molecule has 0 aliphatic heterocycles. The zero-order valence-corrected chi connectivity index (χ0v) is 9.58. The average molecular weight is 203 g/mol. The van der Waals surface area contributed by atoms with E-state index in [9.17, 15) is 0 Å². The van der Waals surface area contributed by atoms with Crippen LogP contribution < -0.4 is 0 Å². The molecule has 0 aliphatic rings. The molecule has 2 heteroatoms. The Kier molecular flexibility index (Phi) is 2.51. The number of furan rings is 1. The van der Waals surface area contributed by atoms with E-state index in [0.29, 0.717) is 0 Å². The lowest BCUT2D eigenvalue weighted by atomic mass is 9.81. The first-order valence-electron chi connectivity index (χ1n) is 5.47. The second-order valence-corrected chi connectivity index (χ2v) is 4.67. The Morgan fingerprint density at radius 1 is 1.40 bits per heavy atom. The number of aromatic nitrogens is 1. The molecule has 0 radical (unpaired) electrons. The number of hydrogen-bond donors (Lipinski definition) is 0. The maximum absolute atomic E-state index is 5.23. The van der Waals surface area contributed by atoms with Crippen molar-refractivity contribution in [1.29, 1.82) is 0 Å². The molecule has 2 rings (SSSR count). The van der Waals surface area contributed by atoms with Gasteiger partial charge in [-0.15, -0.1) is 0 Å². The molecule has 0 spiro atoms. The second-order valence-electron chi connectivity index (χ2n) is 4.67. The third-order valence-corrected chi connectivity index (χ3v) is 2.96. The third-order valence-electron chi connectivity index (χ3n) is 2.96. The third kappa shape index (κ3) is 1.89. The van der Waals surface area contributed by atoms with Gasteiger partial charge in [-0.2, -0.15) is 0 Å². The fraction of sp³-hybridized carbons (Fsp3) is 0.462. The maximum atomic E-state index is 5.23. The summed E-state index contributed by atoms with van der Waals surface area (Å²) in [5, 5.41) is 1.09. The molecule has 2 aromatic heterocycles. The van der Waals surface area contributed by atoms with Crippen LogP contribution in [0.1, 0.15) is 39.2 Å². The highest BCUT2D eigenvalue weighted by molar-refractivity contribution is 5.73. The molecule has 0 unspecified atom stereocenters. The lowest BCUT2D eigenvalue weighted by molar-refractivity contribution is 0.472. The highest BCUT2D eigenvalue weighted by Gasteiger charge is 2.20. The molecular weight excluding hydrogens is 186 g/mol. The number of hydrogen-bond acceptors (Lipinski definition) is 2. The van der Waals surface area contributed by atoms with Crippen molar-refractivity contribution >= 4 is 11.1 Å². The maximum Gasteiger partial charge on any atom is 0.225 e. The van der Waals surface area contributed by atoms with Gasteiger partial charge in [0.1, 0.15) is 0 Å². The highest BCUT2D eigenvalue weighted by Crippen LogP contribution is 2.29. The molecule has 2 aromatic rings. The van der Waals surface area contributed by atoms with Crippen molar-refractivity contribution in [2.45, 2.75) is 39.0 Å². The van der Waals surface area contributed by atoms with Gasteiger partial charge in [0, 0.05) is 11.6 Å². The van der Waals surface area contributed by atoms with Crippen molar-refractivity contribution in [3.63, 3.8) is 0 Å². The van der Waals surface area contributed by atoms with E-state index in [1.807, 2.05) is 12.3 Å². The predicted molar refractivity (Wildman–Crippen MR) is 61.9 cm³/mol. The minimum atomic E-state index is 0.202. The number of fused-ring (bicyclic) bond motifs is 1. The van der Waals surface area contributed by atoms with Crippen LogP contribution in [0.25, 0.3) is 11.1 Å². The molecule has 0 amide bonds. The zero-order chi connectivity index (χ0) is 10.9. The van der Waals surface area contributed by atoms with E-state index in [1.54, 1.807) is 6.26 Å². The second kappa shape index (κ2) is 3.69. The van der Waals surface area contributed by atoms with Crippen molar-refractivity contribution in [3.8, 4) is 0 Å². The predicted octanol–water partition coefficient (Wildman–Crippen LogP) is 3.91. The van der Waals surface area contributed by atoms with Gasteiger partial charge in [0.05, 0.1) is 6.26 Å². The lowest BCUT2D eigenvalue weighted by Gasteiger charge is -2.24.